The van der Waals surface area contributed by atoms with Gasteiger partial charge >= 0.3 is 5.97 Å². The second kappa shape index (κ2) is 11.1. The van der Waals surface area contributed by atoms with Crippen molar-refractivity contribution in [1.82, 2.24) is 15.2 Å². The van der Waals surface area contributed by atoms with Gasteiger partial charge in [-0.25, -0.2) is 4.79 Å². The molecule has 2 unspecified atom stereocenters. The van der Waals surface area contributed by atoms with Crippen LogP contribution in [0.5, 0.6) is 0 Å². The average Bonchev–Trinajstić information content (AvgIpc) is 3.78. The third kappa shape index (κ3) is 5.27. The molecule has 0 radical (unpaired) electrons. The van der Waals surface area contributed by atoms with E-state index in [1.54, 1.807) is 12.3 Å². The number of carbonyl (C=O) groups excluding carboxylic acids is 1. The lowest BCUT2D eigenvalue weighted by atomic mass is 9.85. The second-order valence-corrected chi connectivity index (χ2v) is 10.9. The molecule has 6 rings (SSSR count). The molecule has 1 aliphatic heterocycles. The van der Waals surface area contributed by atoms with Crippen LogP contribution in [0.25, 0.3) is 11.1 Å². The molecule has 6 nitrogen and oxygen atoms in total. The van der Waals surface area contributed by atoms with Crippen LogP contribution in [0.2, 0.25) is 0 Å². The molecule has 1 aromatic heterocycles. The molecule has 202 valence electrons. The van der Waals surface area contributed by atoms with Crippen LogP contribution in [-0.2, 0) is 30.8 Å². The molecule has 6 heteroatoms. The van der Waals surface area contributed by atoms with E-state index in [1.807, 2.05) is 49.5 Å². The summed E-state index contributed by atoms with van der Waals surface area (Å²) >= 11 is 0. The Kier molecular flexibility index (Phi) is 7.18. The Hall–Kier alpha value is -4.29. The van der Waals surface area contributed by atoms with Gasteiger partial charge in [0.1, 0.15) is 0 Å². The average molecular weight is 532 g/mol. The quantitative estimate of drug-likeness (QED) is 0.303. The fraction of sp³-hybridized carbons (Fsp3) is 0.265. The Morgan fingerprint density at radius 3 is 2.60 bits per heavy atom. The zero-order chi connectivity index (χ0) is 27.6. The summed E-state index contributed by atoms with van der Waals surface area (Å²) in [6.45, 7) is 4.82. The lowest BCUT2D eigenvalue weighted by Gasteiger charge is -2.32. The summed E-state index contributed by atoms with van der Waals surface area (Å²) in [5.41, 5.74) is 9.13. The fourth-order valence-electron chi connectivity index (χ4n) is 6.13. The van der Waals surface area contributed by atoms with Crippen molar-refractivity contribution in [2.75, 3.05) is 6.54 Å². The third-order valence-electron chi connectivity index (χ3n) is 8.38. The van der Waals surface area contributed by atoms with E-state index in [1.165, 1.54) is 22.3 Å². The molecule has 2 N–H and O–H groups in total. The van der Waals surface area contributed by atoms with Crippen LogP contribution in [-0.4, -0.2) is 33.4 Å². The van der Waals surface area contributed by atoms with Crippen molar-refractivity contribution in [2.24, 2.45) is 5.92 Å². The van der Waals surface area contributed by atoms with Gasteiger partial charge in [0.2, 0.25) is 5.91 Å². The summed E-state index contributed by atoms with van der Waals surface area (Å²) in [6.07, 6.45) is 5.44. The van der Waals surface area contributed by atoms with Gasteiger partial charge in [0.15, 0.2) is 0 Å². The van der Waals surface area contributed by atoms with Crippen LogP contribution in [0, 0.1) is 12.8 Å². The number of carboxylic acid groups (broad SMARTS) is 1. The first-order valence-corrected chi connectivity index (χ1v) is 13.9. The van der Waals surface area contributed by atoms with Gasteiger partial charge in [0.25, 0.3) is 0 Å². The lowest BCUT2D eigenvalue weighted by Crippen LogP contribution is -2.32. The highest BCUT2D eigenvalue weighted by Gasteiger charge is 2.43. The Balaban J connectivity index is 1.28. The maximum absolute atomic E-state index is 13.1. The Morgan fingerprint density at radius 1 is 0.975 bits per heavy atom. The number of carbonyl (C=O) groups is 2. The maximum atomic E-state index is 13.1. The number of benzene rings is 3. The summed E-state index contributed by atoms with van der Waals surface area (Å²) in [7, 11) is 0. The fourth-order valence-corrected chi connectivity index (χ4v) is 6.13. The van der Waals surface area contributed by atoms with E-state index >= 15 is 0 Å². The molecule has 1 fully saturated rings. The van der Waals surface area contributed by atoms with Gasteiger partial charge in [-0.2, -0.15) is 0 Å². The number of aromatic nitrogens is 1. The van der Waals surface area contributed by atoms with Gasteiger partial charge in [0, 0.05) is 44.5 Å². The number of aromatic carboxylic acids is 1. The number of pyridine rings is 1. The van der Waals surface area contributed by atoms with Gasteiger partial charge in [-0.1, -0.05) is 60.7 Å². The van der Waals surface area contributed by atoms with Gasteiger partial charge < -0.3 is 10.4 Å². The summed E-state index contributed by atoms with van der Waals surface area (Å²) < 4.78 is 0. The minimum absolute atomic E-state index is 0.0287. The molecule has 40 heavy (non-hydrogen) atoms. The standard InChI is InChI=1S/C34H33N3O3/c1-22-26(10-5-11-27(22)34(39)40)28-13-12-25(19-36-33(38)31-17-30(31)24-8-3-2-4-9-24)32-21-37(16-14-29(28)32)20-23-7-6-15-35-18-23/h2-13,15,18,30-31H,14,16-17,19-21H2,1H3,(H,36,38)(H,39,40). The molecule has 3 aromatic carbocycles. The van der Waals surface area contributed by atoms with Gasteiger partial charge in [-0.15, -0.1) is 0 Å². The highest BCUT2D eigenvalue weighted by molar-refractivity contribution is 5.92. The molecule has 2 atom stereocenters. The molecule has 1 aliphatic carbocycles. The van der Waals surface area contributed by atoms with Crippen LogP contribution < -0.4 is 5.32 Å². The van der Waals surface area contributed by atoms with Crippen LogP contribution in [0.3, 0.4) is 0 Å². The van der Waals surface area contributed by atoms with Gasteiger partial charge in [-0.3, -0.25) is 14.7 Å². The lowest BCUT2D eigenvalue weighted by molar-refractivity contribution is -0.122. The first kappa shape index (κ1) is 26.0. The number of hydrogen-bond acceptors (Lipinski definition) is 4. The molecule has 0 bridgehead atoms. The number of nitrogens with one attached hydrogen (secondary N) is 1. The highest BCUT2D eigenvalue weighted by Crippen LogP contribution is 2.47. The van der Waals surface area contributed by atoms with E-state index in [0.29, 0.717) is 18.0 Å². The van der Waals surface area contributed by atoms with E-state index in [2.05, 4.69) is 45.5 Å². The number of amides is 1. The van der Waals surface area contributed by atoms with Crippen molar-refractivity contribution >= 4 is 11.9 Å². The van der Waals surface area contributed by atoms with Crippen molar-refractivity contribution in [1.29, 1.82) is 0 Å². The molecule has 2 heterocycles. The zero-order valence-electron chi connectivity index (χ0n) is 22.6. The molecule has 2 aliphatic rings. The number of carboxylic acids is 1. The minimum atomic E-state index is -0.913. The van der Waals surface area contributed by atoms with E-state index < -0.39 is 5.97 Å². The molecule has 1 amide bonds. The smallest absolute Gasteiger partial charge is 0.335 e. The normalized spacial score (nSPS) is 18.1. The molecular formula is C34H33N3O3. The first-order valence-electron chi connectivity index (χ1n) is 13.9. The molecule has 0 saturated heterocycles. The van der Waals surface area contributed by atoms with Crippen LogP contribution >= 0.6 is 0 Å². The van der Waals surface area contributed by atoms with Crippen LogP contribution in [0.1, 0.15) is 56.1 Å². The topological polar surface area (TPSA) is 82.5 Å². The van der Waals surface area contributed by atoms with Crippen molar-refractivity contribution < 1.29 is 14.7 Å². The molecule has 0 spiro atoms. The van der Waals surface area contributed by atoms with E-state index in [4.69, 9.17) is 0 Å². The third-order valence-corrected chi connectivity index (χ3v) is 8.38. The predicted molar refractivity (Wildman–Crippen MR) is 155 cm³/mol. The Morgan fingerprint density at radius 2 is 1.82 bits per heavy atom. The summed E-state index contributed by atoms with van der Waals surface area (Å²) in [6, 6.07) is 24.0. The monoisotopic (exact) mass is 531 g/mol. The molecule has 4 aromatic rings. The van der Waals surface area contributed by atoms with Crippen LogP contribution in [0.15, 0.2) is 85.2 Å². The number of rotatable bonds is 8. The number of nitrogens with zero attached hydrogens (tertiary/aromatic N) is 2. The van der Waals surface area contributed by atoms with E-state index in [9.17, 15) is 14.7 Å². The van der Waals surface area contributed by atoms with Gasteiger partial charge in [-0.05, 0) is 82.3 Å². The molecular weight excluding hydrogens is 498 g/mol. The summed E-state index contributed by atoms with van der Waals surface area (Å²) in [5, 5.41) is 12.9. The highest BCUT2D eigenvalue weighted by atomic mass is 16.4. The number of hydrogen-bond donors (Lipinski definition) is 2. The maximum Gasteiger partial charge on any atom is 0.335 e. The Bertz CT molecular complexity index is 1550. The SMILES string of the molecule is Cc1c(C(=O)O)cccc1-c1ccc(CNC(=O)C2CC2c2ccccc2)c2c1CCN(Cc1cccnc1)C2. The zero-order valence-corrected chi connectivity index (χ0v) is 22.6. The summed E-state index contributed by atoms with van der Waals surface area (Å²) in [4.78, 5) is 31.6. The Labute approximate surface area is 234 Å². The van der Waals surface area contributed by atoms with Crippen molar-refractivity contribution in [3.8, 4) is 11.1 Å². The van der Waals surface area contributed by atoms with E-state index in [-0.39, 0.29) is 11.8 Å². The first-order chi connectivity index (χ1) is 19.5. The van der Waals surface area contributed by atoms with E-state index in [0.717, 1.165) is 54.7 Å². The second-order valence-electron chi connectivity index (χ2n) is 10.9. The molecule has 1 saturated carbocycles. The van der Waals surface area contributed by atoms with Crippen LogP contribution in [0.4, 0.5) is 0 Å². The van der Waals surface area contributed by atoms with Crippen molar-refractivity contribution in [3.63, 3.8) is 0 Å². The predicted octanol–water partition coefficient (Wildman–Crippen LogP) is 5.73. The minimum Gasteiger partial charge on any atom is -0.478 e. The van der Waals surface area contributed by atoms with Crippen molar-refractivity contribution in [3.05, 3.63) is 124 Å². The number of fused-ring (bicyclic) bond motifs is 1. The van der Waals surface area contributed by atoms with Gasteiger partial charge in [0.05, 0.1) is 5.56 Å². The largest absolute Gasteiger partial charge is 0.478 e. The summed E-state index contributed by atoms with van der Waals surface area (Å²) in [5.74, 6) is -0.471. The van der Waals surface area contributed by atoms with Crippen molar-refractivity contribution in [2.45, 2.75) is 45.3 Å².